The highest BCUT2D eigenvalue weighted by Gasteiger charge is 2.10. The quantitative estimate of drug-likeness (QED) is 0.425. The predicted octanol–water partition coefficient (Wildman–Crippen LogP) is 1.21. The van der Waals surface area contributed by atoms with E-state index in [1.165, 1.54) is 0 Å². The first-order chi connectivity index (χ1) is 4.57. The summed E-state index contributed by atoms with van der Waals surface area (Å²) in [4.78, 5) is 10.8. The lowest BCUT2D eigenvalue weighted by Gasteiger charge is -2.08. The van der Waals surface area contributed by atoms with Gasteiger partial charge in [-0.2, -0.15) is 0 Å². The lowest BCUT2D eigenvalue weighted by atomic mass is 10.2. The minimum Gasteiger partial charge on any atom is -0.449 e. The molecule has 0 rings (SSSR count). The molecule has 1 unspecified atom stereocenters. The first-order valence-electron chi connectivity index (χ1n) is 3.24. The van der Waals surface area contributed by atoms with Crippen LogP contribution in [0.15, 0.2) is 0 Å². The van der Waals surface area contributed by atoms with E-state index in [2.05, 4.69) is 5.92 Å². The summed E-state index contributed by atoms with van der Waals surface area (Å²) in [5, 5.41) is 0. The van der Waals surface area contributed by atoms with Crippen LogP contribution in [0.2, 0.25) is 0 Å². The number of esters is 1. The Morgan fingerprint density at radius 3 is 2.30 bits per heavy atom. The molecule has 0 bridgehead atoms. The fourth-order valence-corrected chi connectivity index (χ4v) is 0.344. The van der Waals surface area contributed by atoms with Crippen LogP contribution >= 0.6 is 0 Å². The van der Waals surface area contributed by atoms with Gasteiger partial charge >= 0.3 is 5.97 Å². The Kier molecular flexibility index (Phi) is 3.56. The number of rotatable bonds is 2. The van der Waals surface area contributed by atoms with Gasteiger partial charge in [0, 0.05) is 0 Å². The van der Waals surface area contributed by atoms with Crippen molar-refractivity contribution in [1.29, 1.82) is 0 Å². The van der Waals surface area contributed by atoms with Gasteiger partial charge in [0.2, 0.25) is 0 Å². The number of hydrogen-bond acceptors (Lipinski definition) is 2. The minimum atomic E-state index is -0.408. The Morgan fingerprint density at radius 1 is 1.50 bits per heavy atom. The molecule has 0 heterocycles. The number of carbonyl (C=O) groups is 1. The molecular weight excluding hydrogens is 128 g/mol. The second-order valence-electron chi connectivity index (χ2n) is 2.40. The zero-order valence-corrected chi connectivity index (χ0v) is 6.55. The van der Waals surface area contributed by atoms with Crippen molar-refractivity contribution >= 4 is 5.97 Å². The van der Waals surface area contributed by atoms with Gasteiger partial charge in [-0.15, -0.1) is 6.42 Å². The van der Waals surface area contributed by atoms with Crippen LogP contribution in [0.4, 0.5) is 0 Å². The van der Waals surface area contributed by atoms with Gasteiger partial charge in [-0.25, -0.2) is 0 Å². The molecule has 0 N–H and O–H groups in total. The van der Waals surface area contributed by atoms with Crippen LogP contribution in [0, 0.1) is 18.3 Å². The molecule has 0 aliphatic carbocycles. The molecular formula is C8H12O2. The van der Waals surface area contributed by atoms with Gasteiger partial charge in [0.15, 0.2) is 6.10 Å². The predicted molar refractivity (Wildman–Crippen MR) is 39.2 cm³/mol. The maximum atomic E-state index is 10.8. The minimum absolute atomic E-state index is 0.101. The van der Waals surface area contributed by atoms with Gasteiger partial charge in [-0.3, -0.25) is 4.79 Å². The molecule has 0 saturated heterocycles. The maximum absolute atomic E-state index is 10.8. The molecule has 0 aromatic carbocycles. The Morgan fingerprint density at radius 2 is 2.00 bits per heavy atom. The van der Waals surface area contributed by atoms with Crippen LogP contribution in [0.3, 0.4) is 0 Å². The molecule has 0 spiro atoms. The Bertz CT molecular complexity index is 153. The van der Waals surface area contributed by atoms with E-state index in [9.17, 15) is 4.79 Å². The van der Waals surface area contributed by atoms with Crippen molar-refractivity contribution in [2.75, 3.05) is 0 Å². The molecule has 2 heteroatoms. The summed E-state index contributed by atoms with van der Waals surface area (Å²) < 4.78 is 4.79. The zero-order valence-electron chi connectivity index (χ0n) is 6.55. The monoisotopic (exact) mass is 140 g/mol. The van der Waals surface area contributed by atoms with E-state index in [1.807, 2.05) is 0 Å². The van der Waals surface area contributed by atoms with E-state index in [-0.39, 0.29) is 11.9 Å². The maximum Gasteiger partial charge on any atom is 0.309 e. The smallest absolute Gasteiger partial charge is 0.309 e. The van der Waals surface area contributed by atoms with E-state index in [1.54, 1.807) is 20.8 Å². The van der Waals surface area contributed by atoms with Crippen LogP contribution in [0.1, 0.15) is 20.8 Å². The molecule has 56 valence electrons. The summed E-state index contributed by atoms with van der Waals surface area (Å²) in [5.41, 5.74) is 0. The molecule has 0 aliphatic rings. The van der Waals surface area contributed by atoms with Crippen molar-refractivity contribution in [3.05, 3.63) is 0 Å². The fraction of sp³-hybridized carbons (Fsp3) is 0.625. The number of carbonyl (C=O) groups excluding carboxylic acids is 1. The lowest BCUT2D eigenvalue weighted by molar-refractivity contribution is -0.149. The average Bonchev–Trinajstić information content (AvgIpc) is 1.87. The lowest BCUT2D eigenvalue weighted by Crippen LogP contribution is -2.17. The molecule has 0 saturated carbocycles. The van der Waals surface area contributed by atoms with E-state index < -0.39 is 6.10 Å². The van der Waals surface area contributed by atoms with E-state index in [4.69, 9.17) is 11.2 Å². The fourth-order valence-electron chi connectivity index (χ4n) is 0.344. The Hall–Kier alpha value is -0.970. The van der Waals surface area contributed by atoms with Gasteiger partial charge in [-0.1, -0.05) is 19.8 Å². The second-order valence-corrected chi connectivity index (χ2v) is 2.40. The highest BCUT2D eigenvalue weighted by Crippen LogP contribution is 1.98. The van der Waals surface area contributed by atoms with Crippen LogP contribution in [0.5, 0.6) is 0 Å². The number of hydrogen-bond donors (Lipinski definition) is 0. The van der Waals surface area contributed by atoms with E-state index >= 15 is 0 Å². The molecule has 0 amide bonds. The first-order valence-corrected chi connectivity index (χ1v) is 3.24. The molecule has 1 atom stereocenters. The SMILES string of the molecule is C#CC(C)OC(=O)C(C)C. The molecule has 0 radical (unpaired) electrons. The molecule has 0 fully saturated rings. The van der Waals surface area contributed by atoms with E-state index in [0.717, 1.165) is 0 Å². The average molecular weight is 140 g/mol. The van der Waals surface area contributed by atoms with Crippen LogP contribution in [-0.2, 0) is 9.53 Å². The zero-order chi connectivity index (χ0) is 8.15. The van der Waals surface area contributed by atoms with E-state index in [0.29, 0.717) is 0 Å². The topological polar surface area (TPSA) is 26.3 Å². The van der Waals surface area contributed by atoms with Gasteiger partial charge < -0.3 is 4.74 Å². The Balaban J connectivity index is 3.71. The largest absolute Gasteiger partial charge is 0.449 e. The third-order valence-corrected chi connectivity index (χ3v) is 0.999. The van der Waals surface area contributed by atoms with Gasteiger partial charge in [0.05, 0.1) is 5.92 Å². The third-order valence-electron chi connectivity index (χ3n) is 0.999. The third kappa shape index (κ3) is 3.13. The summed E-state index contributed by atoms with van der Waals surface area (Å²) in [6, 6.07) is 0. The first kappa shape index (κ1) is 9.03. The van der Waals surface area contributed by atoms with Crippen molar-refractivity contribution in [3.63, 3.8) is 0 Å². The van der Waals surface area contributed by atoms with Crippen molar-refractivity contribution in [3.8, 4) is 12.3 Å². The molecule has 10 heavy (non-hydrogen) atoms. The van der Waals surface area contributed by atoms with Crippen molar-refractivity contribution in [1.82, 2.24) is 0 Å². The normalized spacial score (nSPS) is 12.3. The summed E-state index contributed by atoms with van der Waals surface area (Å²) >= 11 is 0. The standard InChI is InChI=1S/C8H12O2/c1-5-7(4)10-8(9)6(2)3/h1,6-7H,2-4H3. The molecule has 0 aromatic rings. The van der Waals surface area contributed by atoms with Gasteiger partial charge in [0.1, 0.15) is 0 Å². The van der Waals surface area contributed by atoms with Crippen LogP contribution < -0.4 is 0 Å². The molecule has 0 aromatic heterocycles. The second kappa shape index (κ2) is 3.94. The number of terminal acetylenes is 1. The highest BCUT2D eigenvalue weighted by molar-refractivity contribution is 5.71. The summed E-state index contributed by atoms with van der Waals surface area (Å²) in [7, 11) is 0. The summed E-state index contributed by atoms with van der Waals surface area (Å²) in [6.07, 6.45) is 4.59. The van der Waals surface area contributed by atoms with Gasteiger partial charge in [-0.05, 0) is 6.92 Å². The molecule has 0 aliphatic heterocycles. The molecule has 2 nitrogen and oxygen atoms in total. The van der Waals surface area contributed by atoms with Gasteiger partial charge in [0.25, 0.3) is 0 Å². The summed E-state index contributed by atoms with van der Waals surface area (Å²) in [5.74, 6) is 1.96. The number of ether oxygens (including phenoxy) is 1. The van der Waals surface area contributed by atoms with Crippen molar-refractivity contribution in [2.24, 2.45) is 5.92 Å². The van der Waals surface area contributed by atoms with Crippen LogP contribution in [-0.4, -0.2) is 12.1 Å². The summed E-state index contributed by atoms with van der Waals surface area (Å²) in [6.45, 7) is 5.21. The highest BCUT2D eigenvalue weighted by atomic mass is 16.5. The van der Waals surface area contributed by atoms with Crippen molar-refractivity contribution in [2.45, 2.75) is 26.9 Å². The van der Waals surface area contributed by atoms with Crippen molar-refractivity contribution < 1.29 is 9.53 Å². The van der Waals surface area contributed by atoms with Crippen LogP contribution in [0.25, 0.3) is 0 Å². The Labute approximate surface area is 61.6 Å².